The summed E-state index contributed by atoms with van der Waals surface area (Å²) in [5.74, 6) is -0.130. The van der Waals surface area contributed by atoms with Crippen LogP contribution in [0.1, 0.15) is 110 Å². The number of benzene rings is 1. The number of para-hydroxylation sites is 1. The van der Waals surface area contributed by atoms with E-state index in [4.69, 9.17) is 9.47 Å². The van der Waals surface area contributed by atoms with E-state index in [-0.39, 0.29) is 0 Å². The molecular weight excluding hydrogens is 400 g/mol. The van der Waals surface area contributed by atoms with Crippen molar-refractivity contribution in [3.8, 4) is 5.75 Å². The van der Waals surface area contributed by atoms with Crippen LogP contribution in [-0.2, 0) is 16.0 Å². The molecule has 0 saturated carbocycles. The van der Waals surface area contributed by atoms with Crippen molar-refractivity contribution in [1.29, 1.82) is 0 Å². The Kier molecular flexibility index (Phi) is 11.0. The van der Waals surface area contributed by atoms with E-state index in [0.717, 1.165) is 37.0 Å². The van der Waals surface area contributed by atoms with Gasteiger partial charge in [0.1, 0.15) is 11.9 Å². The van der Waals surface area contributed by atoms with Crippen LogP contribution < -0.4 is 4.74 Å². The zero-order valence-electron chi connectivity index (χ0n) is 21.0. The lowest BCUT2D eigenvalue weighted by atomic mass is 9.67. The number of carbonyl (C=O) groups is 1. The van der Waals surface area contributed by atoms with Crippen molar-refractivity contribution in [2.75, 3.05) is 7.11 Å². The molecule has 0 fully saturated rings. The van der Waals surface area contributed by atoms with Crippen LogP contribution in [0.25, 0.3) is 0 Å². The molecule has 4 heteroatoms. The van der Waals surface area contributed by atoms with Crippen LogP contribution in [0.5, 0.6) is 5.75 Å². The van der Waals surface area contributed by atoms with E-state index in [9.17, 15) is 9.90 Å². The molecule has 0 aliphatic carbocycles. The average molecular weight is 447 g/mol. The van der Waals surface area contributed by atoms with E-state index in [2.05, 4.69) is 13.0 Å². The third-order valence-corrected chi connectivity index (χ3v) is 7.42. The molecule has 1 aliphatic rings. The molecule has 1 aliphatic heterocycles. The minimum atomic E-state index is -1.36. The van der Waals surface area contributed by atoms with Crippen molar-refractivity contribution in [2.24, 2.45) is 5.41 Å². The van der Waals surface area contributed by atoms with Crippen molar-refractivity contribution in [2.45, 2.75) is 122 Å². The number of ether oxygens (including phenoxy) is 2. The van der Waals surface area contributed by atoms with Gasteiger partial charge in [0.15, 0.2) is 0 Å². The zero-order chi connectivity index (χ0) is 23.5. The molecular formula is C28H46O4. The molecule has 0 bridgehead atoms. The Balaban J connectivity index is 1.85. The van der Waals surface area contributed by atoms with E-state index >= 15 is 0 Å². The Labute approximate surface area is 196 Å². The lowest BCUT2D eigenvalue weighted by Gasteiger charge is -2.48. The second-order valence-electron chi connectivity index (χ2n) is 10.2. The van der Waals surface area contributed by atoms with Crippen molar-refractivity contribution in [3.05, 3.63) is 29.8 Å². The van der Waals surface area contributed by atoms with Gasteiger partial charge in [-0.1, -0.05) is 110 Å². The van der Waals surface area contributed by atoms with Gasteiger partial charge < -0.3 is 14.6 Å². The molecule has 0 aromatic heterocycles. The molecule has 0 saturated heterocycles. The molecule has 32 heavy (non-hydrogen) atoms. The summed E-state index contributed by atoms with van der Waals surface area (Å²) in [5.41, 5.74) is -0.759. The maximum Gasteiger partial charge on any atom is 0.340 e. The highest BCUT2D eigenvalue weighted by Gasteiger charge is 2.59. The molecule has 4 nitrogen and oxygen atoms in total. The van der Waals surface area contributed by atoms with E-state index < -0.39 is 23.1 Å². The third-order valence-electron chi connectivity index (χ3n) is 7.42. The lowest BCUT2D eigenvalue weighted by Crippen LogP contribution is -2.63. The Bertz CT molecular complexity index is 684. The predicted octanol–water partition coefficient (Wildman–Crippen LogP) is 7.58. The van der Waals surface area contributed by atoms with Crippen LogP contribution in [0.3, 0.4) is 0 Å². The molecule has 1 aromatic carbocycles. The van der Waals surface area contributed by atoms with Crippen molar-refractivity contribution in [1.82, 2.24) is 0 Å². The number of aryl methyl sites for hydroxylation is 1. The molecule has 0 spiro atoms. The van der Waals surface area contributed by atoms with Crippen LogP contribution >= 0.6 is 0 Å². The summed E-state index contributed by atoms with van der Waals surface area (Å²) >= 11 is 0. The number of fused-ring (bicyclic) bond motifs is 1. The molecule has 182 valence electrons. The first-order chi connectivity index (χ1) is 15.4. The second kappa shape index (κ2) is 13.2. The molecule has 2 unspecified atom stereocenters. The monoisotopic (exact) mass is 446 g/mol. The van der Waals surface area contributed by atoms with E-state index in [1.807, 2.05) is 32.0 Å². The third kappa shape index (κ3) is 6.73. The maximum absolute atomic E-state index is 12.6. The summed E-state index contributed by atoms with van der Waals surface area (Å²) in [4.78, 5) is 12.6. The summed E-state index contributed by atoms with van der Waals surface area (Å²) in [7, 11) is 1.53. The van der Waals surface area contributed by atoms with Gasteiger partial charge in [0.05, 0.1) is 0 Å². The molecule has 2 rings (SSSR count). The van der Waals surface area contributed by atoms with E-state index in [1.54, 1.807) is 0 Å². The van der Waals surface area contributed by atoms with Gasteiger partial charge in [0, 0.05) is 12.5 Å². The van der Waals surface area contributed by atoms with Crippen molar-refractivity contribution in [3.63, 3.8) is 0 Å². The Hall–Kier alpha value is -1.55. The number of hydrogen-bond acceptors (Lipinski definition) is 3. The minimum absolute atomic E-state index is 0.498. The van der Waals surface area contributed by atoms with Crippen LogP contribution in [0.2, 0.25) is 0 Å². The Morgan fingerprint density at radius 1 is 1.00 bits per heavy atom. The SMILES string of the molecule is CCCCCCCCCCCCCC(C)(C)C(OC)(C(=O)O)C1CCc2ccccc2O1. The zero-order valence-corrected chi connectivity index (χ0v) is 21.0. The topological polar surface area (TPSA) is 55.8 Å². The fourth-order valence-corrected chi connectivity index (χ4v) is 5.39. The Morgan fingerprint density at radius 2 is 1.56 bits per heavy atom. The first-order valence-electron chi connectivity index (χ1n) is 12.9. The summed E-state index contributed by atoms with van der Waals surface area (Å²) in [6.45, 7) is 6.32. The Morgan fingerprint density at radius 3 is 2.12 bits per heavy atom. The van der Waals surface area contributed by atoms with Gasteiger partial charge in [-0.05, 0) is 30.9 Å². The highest BCUT2D eigenvalue weighted by molar-refractivity contribution is 5.80. The highest BCUT2D eigenvalue weighted by Crippen LogP contribution is 2.45. The maximum atomic E-state index is 12.6. The molecule has 2 atom stereocenters. The van der Waals surface area contributed by atoms with Crippen LogP contribution in [0.15, 0.2) is 24.3 Å². The van der Waals surface area contributed by atoms with E-state index in [0.29, 0.717) is 6.42 Å². The number of unbranched alkanes of at least 4 members (excludes halogenated alkanes) is 10. The van der Waals surface area contributed by atoms with Gasteiger partial charge in [-0.15, -0.1) is 0 Å². The number of rotatable bonds is 16. The number of aliphatic carboxylic acids is 1. The van der Waals surface area contributed by atoms with Crippen molar-refractivity contribution < 1.29 is 19.4 Å². The highest BCUT2D eigenvalue weighted by atomic mass is 16.6. The van der Waals surface area contributed by atoms with E-state index in [1.165, 1.54) is 64.9 Å². The van der Waals surface area contributed by atoms with Crippen LogP contribution in [0.4, 0.5) is 0 Å². The van der Waals surface area contributed by atoms with Gasteiger partial charge in [0.25, 0.3) is 0 Å². The number of methoxy groups -OCH3 is 1. The molecule has 0 amide bonds. The van der Waals surface area contributed by atoms with Crippen molar-refractivity contribution >= 4 is 5.97 Å². The quantitative estimate of drug-likeness (QED) is 0.266. The summed E-state index contributed by atoms with van der Waals surface area (Å²) in [5, 5.41) is 10.3. The number of carboxylic acids is 1. The first kappa shape index (κ1) is 26.7. The smallest absolute Gasteiger partial charge is 0.340 e. The van der Waals surface area contributed by atoms with Gasteiger partial charge in [-0.2, -0.15) is 0 Å². The molecule has 0 radical (unpaired) electrons. The normalized spacial score (nSPS) is 17.9. The lowest BCUT2D eigenvalue weighted by molar-refractivity contribution is -0.203. The van der Waals surface area contributed by atoms with Gasteiger partial charge in [-0.25, -0.2) is 4.79 Å². The number of hydrogen-bond donors (Lipinski definition) is 1. The summed E-state index contributed by atoms with van der Waals surface area (Å²) < 4.78 is 12.1. The van der Waals surface area contributed by atoms with Crippen LogP contribution in [0, 0.1) is 5.41 Å². The molecule has 1 aromatic rings. The largest absolute Gasteiger partial charge is 0.486 e. The van der Waals surface area contributed by atoms with Gasteiger partial charge >= 0.3 is 5.97 Å². The summed E-state index contributed by atoms with van der Waals surface area (Å²) in [6.07, 6.45) is 15.9. The van der Waals surface area contributed by atoms with Gasteiger partial charge in [0.2, 0.25) is 5.60 Å². The fraction of sp³-hybridized carbons (Fsp3) is 0.750. The summed E-state index contributed by atoms with van der Waals surface area (Å²) in [6, 6.07) is 7.92. The minimum Gasteiger partial charge on any atom is -0.486 e. The molecule has 1 N–H and O–H groups in total. The average Bonchev–Trinajstić information content (AvgIpc) is 2.77. The molecule has 1 heterocycles. The van der Waals surface area contributed by atoms with Gasteiger partial charge in [-0.3, -0.25) is 0 Å². The predicted molar refractivity (Wildman–Crippen MR) is 131 cm³/mol. The fourth-order valence-electron chi connectivity index (χ4n) is 5.39. The standard InChI is InChI=1S/C28H46O4/c1-5-6-7-8-9-10-11-12-13-14-17-22-27(2,3)28(31-4,26(29)30)25-21-20-23-18-15-16-19-24(23)32-25/h15-16,18-19,25H,5-14,17,20-22H2,1-4H3,(H,29,30). The number of carboxylic acid groups (broad SMARTS) is 1. The van der Waals surface area contributed by atoms with Crippen LogP contribution in [-0.4, -0.2) is 29.9 Å². The second-order valence-corrected chi connectivity index (χ2v) is 10.2. The first-order valence-corrected chi connectivity index (χ1v) is 12.9.